The van der Waals surface area contributed by atoms with Gasteiger partial charge in [-0.3, -0.25) is 4.99 Å². The van der Waals surface area contributed by atoms with Crippen LogP contribution in [0.5, 0.6) is 0 Å². The van der Waals surface area contributed by atoms with Gasteiger partial charge in [-0.1, -0.05) is 46.3 Å². The average Bonchev–Trinajstić information content (AvgIpc) is 2.50. The van der Waals surface area contributed by atoms with Crippen molar-refractivity contribution in [1.29, 1.82) is 0 Å². The lowest BCUT2D eigenvalue weighted by Gasteiger charge is -2.06. The van der Waals surface area contributed by atoms with Gasteiger partial charge in [-0.2, -0.15) is 0 Å². The van der Waals surface area contributed by atoms with E-state index in [2.05, 4.69) is 51.3 Å². The molecule has 0 unspecified atom stereocenters. The molecule has 1 aliphatic rings. The van der Waals surface area contributed by atoms with E-state index < -0.39 is 0 Å². The highest BCUT2D eigenvalue weighted by molar-refractivity contribution is 9.10. The van der Waals surface area contributed by atoms with Gasteiger partial charge < -0.3 is 0 Å². The van der Waals surface area contributed by atoms with Crippen molar-refractivity contribution in [1.82, 2.24) is 0 Å². The van der Waals surface area contributed by atoms with E-state index in [1.165, 1.54) is 16.7 Å². The number of aliphatic imine (C=N–C) groups is 1. The van der Waals surface area contributed by atoms with Gasteiger partial charge in [0, 0.05) is 17.1 Å². The second kappa shape index (κ2) is 3.87. The fourth-order valence-electron chi connectivity index (χ4n) is 2.00. The van der Waals surface area contributed by atoms with Crippen LogP contribution in [-0.2, 0) is 6.42 Å². The van der Waals surface area contributed by atoms with E-state index in [9.17, 15) is 0 Å². The quantitative estimate of drug-likeness (QED) is 0.584. The highest BCUT2D eigenvalue weighted by Crippen LogP contribution is 2.30. The van der Waals surface area contributed by atoms with Crippen LogP contribution in [0.4, 0.5) is 5.69 Å². The van der Waals surface area contributed by atoms with Crippen LogP contribution >= 0.6 is 15.9 Å². The SMILES string of the molecule is Brc1cccc2c1Cc1ccccc1N=C2. The van der Waals surface area contributed by atoms with Gasteiger partial charge in [0.05, 0.1) is 5.69 Å². The molecule has 1 aliphatic heterocycles. The van der Waals surface area contributed by atoms with Crippen LogP contribution in [0, 0.1) is 0 Å². The van der Waals surface area contributed by atoms with Crippen molar-refractivity contribution in [3.05, 3.63) is 63.6 Å². The Kier molecular flexibility index (Phi) is 2.37. The fourth-order valence-corrected chi connectivity index (χ4v) is 2.52. The van der Waals surface area contributed by atoms with Crippen molar-refractivity contribution >= 4 is 27.8 Å². The summed E-state index contributed by atoms with van der Waals surface area (Å²) in [6.07, 6.45) is 2.89. The highest BCUT2D eigenvalue weighted by atomic mass is 79.9. The predicted octanol–water partition coefficient (Wildman–Crippen LogP) is 4.10. The summed E-state index contributed by atoms with van der Waals surface area (Å²) < 4.78 is 1.16. The normalized spacial score (nSPS) is 12.8. The van der Waals surface area contributed by atoms with Crippen molar-refractivity contribution in [2.45, 2.75) is 6.42 Å². The summed E-state index contributed by atoms with van der Waals surface area (Å²) in [4.78, 5) is 4.52. The molecule has 2 heteroatoms. The number of hydrogen-bond acceptors (Lipinski definition) is 1. The molecular weight excluding hydrogens is 262 g/mol. The van der Waals surface area contributed by atoms with Crippen LogP contribution in [0.1, 0.15) is 16.7 Å². The zero-order valence-electron chi connectivity index (χ0n) is 8.65. The van der Waals surface area contributed by atoms with Crippen molar-refractivity contribution in [3.8, 4) is 0 Å². The standard InChI is InChI=1S/C14H10BrN/c15-13-6-3-5-11-9-16-14-7-2-1-4-10(14)8-12(11)13/h1-7,9H,8H2. The summed E-state index contributed by atoms with van der Waals surface area (Å²) in [5.41, 5.74) is 4.87. The van der Waals surface area contributed by atoms with E-state index in [0.29, 0.717) is 0 Å². The Balaban J connectivity index is 2.22. The van der Waals surface area contributed by atoms with E-state index in [0.717, 1.165) is 16.6 Å². The predicted molar refractivity (Wildman–Crippen MR) is 70.6 cm³/mol. The maximum absolute atomic E-state index is 4.52. The monoisotopic (exact) mass is 271 g/mol. The Labute approximate surface area is 103 Å². The van der Waals surface area contributed by atoms with Crippen molar-refractivity contribution < 1.29 is 0 Å². The summed E-state index contributed by atoms with van der Waals surface area (Å²) in [5.74, 6) is 0. The average molecular weight is 272 g/mol. The summed E-state index contributed by atoms with van der Waals surface area (Å²) >= 11 is 3.61. The van der Waals surface area contributed by atoms with E-state index in [4.69, 9.17) is 0 Å². The van der Waals surface area contributed by atoms with Crippen molar-refractivity contribution in [2.75, 3.05) is 0 Å². The molecule has 0 bridgehead atoms. The van der Waals surface area contributed by atoms with Gasteiger partial charge in [-0.25, -0.2) is 0 Å². The molecule has 0 spiro atoms. The molecular formula is C14H10BrN. The summed E-state index contributed by atoms with van der Waals surface area (Å²) in [6.45, 7) is 0. The smallest absolute Gasteiger partial charge is 0.0665 e. The molecule has 78 valence electrons. The van der Waals surface area contributed by atoms with Gasteiger partial charge in [0.2, 0.25) is 0 Å². The van der Waals surface area contributed by atoms with Crippen molar-refractivity contribution in [3.63, 3.8) is 0 Å². The molecule has 0 aliphatic carbocycles. The summed E-state index contributed by atoms with van der Waals surface area (Å²) in [5, 5.41) is 0. The second-order valence-corrected chi connectivity index (χ2v) is 4.73. The molecule has 0 atom stereocenters. The molecule has 0 fully saturated rings. The minimum absolute atomic E-state index is 0.937. The minimum atomic E-state index is 0.937. The van der Waals surface area contributed by atoms with Crippen LogP contribution in [0.3, 0.4) is 0 Å². The zero-order valence-corrected chi connectivity index (χ0v) is 10.2. The molecule has 16 heavy (non-hydrogen) atoms. The molecule has 0 aromatic heterocycles. The van der Waals surface area contributed by atoms with E-state index >= 15 is 0 Å². The second-order valence-electron chi connectivity index (χ2n) is 3.87. The third kappa shape index (κ3) is 1.59. The molecule has 2 aromatic carbocycles. The van der Waals surface area contributed by atoms with E-state index in [-0.39, 0.29) is 0 Å². The number of fused-ring (bicyclic) bond motifs is 2. The zero-order chi connectivity index (χ0) is 11.0. The maximum atomic E-state index is 4.52. The van der Waals surface area contributed by atoms with Gasteiger partial charge in [0.15, 0.2) is 0 Å². The van der Waals surface area contributed by atoms with Gasteiger partial charge >= 0.3 is 0 Å². The number of para-hydroxylation sites is 1. The lowest BCUT2D eigenvalue weighted by atomic mass is 10.0. The van der Waals surface area contributed by atoms with Gasteiger partial charge in [0.25, 0.3) is 0 Å². The molecule has 1 heterocycles. The third-order valence-corrected chi connectivity index (χ3v) is 3.60. The van der Waals surface area contributed by atoms with Gasteiger partial charge in [-0.15, -0.1) is 0 Å². The molecule has 2 aromatic rings. The highest BCUT2D eigenvalue weighted by Gasteiger charge is 2.11. The first-order chi connectivity index (χ1) is 7.84. The van der Waals surface area contributed by atoms with E-state index in [1.807, 2.05) is 18.3 Å². The topological polar surface area (TPSA) is 12.4 Å². The lowest BCUT2D eigenvalue weighted by molar-refractivity contribution is 1.18. The van der Waals surface area contributed by atoms with Crippen LogP contribution in [0.2, 0.25) is 0 Å². The first-order valence-corrected chi connectivity index (χ1v) is 6.03. The fraction of sp³-hybridized carbons (Fsp3) is 0.0714. The number of benzene rings is 2. The number of halogens is 1. The Morgan fingerprint density at radius 1 is 1.00 bits per heavy atom. The Morgan fingerprint density at radius 3 is 2.81 bits per heavy atom. The Hall–Kier alpha value is -1.41. The van der Waals surface area contributed by atoms with Crippen LogP contribution < -0.4 is 0 Å². The molecule has 0 radical (unpaired) electrons. The van der Waals surface area contributed by atoms with Crippen LogP contribution in [0.15, 0.2) is 51.9 Å². The molecule has 1 nitrogen and oxygen atoms in total. The Bertz CT molecular complexity index is 573. The number of nitrogens with zero attached hydrogens (tertiary/aromatic N) is 1. The largest absolute Gasteiger partial charge is 0.256 e. The first-order valence-electron chi connectivity index (χ1n) is 5.24. The lowest BCUT2D eigenvalue weighted by Crippen LogP contribution is -1.93. The van der Waals surface area contributed by atoms with Gasteiger partial charge in [-0.05, 0) is 28.8 Å². The molecule has 0 saturated heterocycles. The van der Waals surface area contributed by atoms with Gasteiger partial charge in [0.1, 0.15) is 0 Å². The van der Waals surface area contributed by atoms with Crippen LogP contribution in [-0.4, -0.2) is 6.21 Å². The minimum Gasteiger partial charge on any atom is -0.256 e. The molecule has 0 amide bonds. The third-order valence-electron chi connectivity index (χ3n) is 2.86. The Morgan fingerprint density at radius 2 is 1.88 bits per heavy atom. The molecule has 3 rings (SSSR count). The first kappa shape index (κ1) is 9.79. The maximum Gasteiger partial charge on any atom is 0.0665 e. The molecule has 0 N–H and O–H groups in total. The molecule has 0 saturated carbocycles. The number of rotatable bonds is 0. The van der Waals surface area contributed by atoms with Crippen molar-refractivity contribution in [2.24, 2.45) is 4.99 Å². The van der Waals surface area contributed by atoms with Crippen LogP contribution in [0.25, 0.3) is 0 Å². The summed E-state index contributed by atoms with van der Waals surface area (Å²) in [6, 6.07) is 14.5. The summed E-state index contributed by atoms with van der Waals surface area (Å²) in [7, 11) is 0. The number of hydrogen-bond donors (Lipinski definition) is 0. The van der Waals surface area contributed by atoms with E-state index in [1.54, 1.807) is 0 Å².